The molecule has 1 aromatic heterocycles. The van der Waals surface area contributed by atoms with Crippen molar-refractivity contribution in [3.63, 3.8) is 0 Å². The SMILES string of the molecule is Cc1ccc([C@@H](C)NC(=O)CS(=O)(=O)c2ccc(Cl)cc2)o1. The van der Waals surface area contributed by atoms with E-state index in [9.17, 15) is 13.2 Å². The van der Waals surface area contributed by atoms with Crippen molar-refractivity contribution in [1.29, 1.82) is 0 Å². The van der Waals surface area contributed by atoms with Crippen molar-refractivity contribution in [2.24, 2.45) is 0 Å². The Morgan fingerprint density at radius 1 is 1.23 bits per heavy atom. The van der Waals surface area contributed by atoms with Gasteiger partial charge in [0.25, 0.3) is 0 Å². The topological polar surface area (TPSA) is 76.4 Å². The van der Waals surface area contributed by atoms with Gasteiger partial charge in [0.05, 0.1) is 10.9 Å². The maximum atomic E-state index is 12.1. The highest BCUT2D eigenvalue weighted by molar-refractivity contribution is 7.92. The molecule has 0 aliphatic carbocycles. The number of nitrogens with one attached hydrogen (secondary N) is 1. The van der Waals surface area contributed by atoms with Crippen LogP contribution in [0.15, 0.2) is 45.7 Å². The number of benzene rings is 1. The number of amides is 1. The van der Waals surface area contributed by atoms with Gasteiger partial charge >= 0.3 is 0 Å². The Hall–Kier alpha value is -1.79. The predicted octanol–water partition coefficient (Wildman–Crippen LogP) is 2.89. The van der Waals surface area contributed by atoms with Crippen LogP contribution in [0.4, 0.5) is 0 Å². The molecule has 0 aliphatic heterocycles. The fraction of sp³-hybridized carbons (Fsp3) is 0.267. The quantitative estimate of drug-likeness (QED) is 0.907. The molecule has 1 amide bonds. The molecule has 2 aromatic rings. The monoisotopic (exact) mass is 341 g/mol. The maximum absolute atomic E-state index is 12.1. The number of hydrogen-bond acceptors (Lipinski definition) is 4. The minimum Gasteiger partial charge on any atom is -0.464 e. The van der Waals surface area contributed by atoms with Crippen molar-refractivity contribution < 1.29 is 17.6 Å². The molecule has 0 spiro atoms. The van der Waals surface area contributed by atoms with Gasteiger partial charge in [0.2, 0.25) is 5.91 Å². The van der Waals surface area contributed by atoms with Crippen LogP contribution < -0.4 is 5.32 Å². The molecule has 0 bridgehead atoms. The Morgan fingerprint density at radius 2 is 1.86 bits per heavy atom. The van der Waals surface area contributed by atoms with Crippen molar-refractivity contribution in [1.82, 2.24) is 5.32 Å². The molecule has 22 heavy (non-hydrogen) atoms. The van der Waals surface area contributed by atoms with Crippen LogP contribution in [0.3, 0.4) is 0 Å². The van der Waals surface area contributed by atoms with Crippen LogP contribution in [0.5, 0.6) is 0 Å². The molecule has 0 unspecified atom stereocenters. The van der Waals surface area contributed by atoms with E-state index in [2.05, 4.69) is 5.32 Å². The van der Waals surface area contributed by atoms with E-state index in [-0.39, 0.29) is 4.90 Å². The Labute approximate surface area is 134 Å². The van der Waals surface area contributed by atoms with E-state index in [0.717, 1.165) is 5.76 Å². The fourth-order valence-corrected chi connectivity index (χ4v) is 3.21. The van der Waals surface area contributed by atoms with Crippen molar-refractivity contribution in [2.45, 2.75) is 24.8 Å². The number of aryl methyl sites for hydroxylation is 1. The summed E-state index contributed by atoms with van der Waals surface area (Å²) in [5.74, 6) is 0.0923. The zero-order valence-corrected chi connectivity index (χ0v) is 13.7. The Balaban J connectivity index is 2.03. The fourth-order valence-electron chi connectivity index (χ4n) is 1.94. The molecule has 1 atom stereocenters. The standard InChI is InChI=1S/C15H16ClNO4S/c1-10-3-8-14(21-10)11(2)17-15(18)9-22(19,20)13-6-4-12(16)5-7-13/h3-8,11H,9H2,1-2H3,(H,17,18)/t11-/m1/s1. The summed E-state index contributed by atoms with van der Waals surface area (Å²) >= 11 is 5.72. The van der Waals surface area contributed by atoms with E-state index < -0.39 is 27.5 Å². The molecule has 2 rings (SSSR count). The minimum absolute atomic E-state index is 0.0635. The predicted molar refractivity (Wildman–Crippen MR) is 83.5 cm³/mol. The zero-order chi connectivity index (χ0) is 16.3. The van der Waals surface area contributed by atoms with Gasteiger partial charge in [0, 0.05) is 5.02 Å². The molecular weight excluding hydrogens is 326 g/mol. The second kappa shape index (κ2) is 6.54. The average Bonchev–Trinajstić information content (AvgIpc) is 2.85. The number of carbonyl (C=O) groups is 1. The smallest absolute Gasteiger partial charge is 0.236 e. The number of rotatable bonds is 5. The van der Waals surface area contributed by atoms with Crippen molar-refractivity contribution in [2.75, 3.05) is 5.75 Å². The average molecular weight is 342 g/mol. The minimum atomic E-state index is -3.70. The van der Waals surface area contributed by atoms with Crippen LogP contribution in [-0.2, 0) is 14.6 Å². The zero-order valence-electron chi connectivity index (χ0n) is 12.2. The lowest BCUT2D eigenvalue weighted by molar-refractivity contribution is -0.119. The highest BCUT2D eigenvalue weighted by Gasteiger charge is 2.21. The summed E-state index contributed by atoms with van der Waals surface area (Å²) < 4.78 is 29.7. The van der Waals surface area contributed by atoms with Gasteiger partial charge in [0.1, 0.15) is 17.3 Å². The van der Waals surface area contributed by atoms with E-state index in [0.29, 0.717) is 10.8 Å². The summed E-state index contributed by atoms with van der Waals surface area (Å²) in [5.41, 5.74) is 0. The number of halogens is 1. The third kappa shape index (κ3) is 4.11. The van der Waals surface area contributed by atoms with E-state index in [4.69, 9.17) is 16.0 Å². The first-order chi connectivity index (χ1) is 10.3. The molecular formula is C15H16ClNO4S. The first-order valence-electron chi connectivity index (χ1n) is 6.62. The summed E-state index contributed by atoms with van der Waals surface area (Å²) in [6, 6.07) is 8.83. The summed E-state index contributed by atoms with van der Waals surface area (Å²) in [6.07, 6.45) is 0. The summed E-state index contributed by atoms with van der Waals surface area (Å²) in [7, 11) is -3.70. The van der Waals surface area contributed by atoms with Crippen LogP contribution in [0, 0.1) is 6.92 Å². The molecule has 1 heterocycles. The second-order valence-corrected chi connectivity index (χ2v) is 7.38. The number of carbonyl (C=O) groups excluding carboxylic acids is 1. The number of furan rings is 1. The molecule has 118 valence electrons. The van der Waals surface area contributed by atoms with E-state index in [1.54, 1.807) is 26.0 Å². The molecule has 1 N–H and O–H groups in total. The molecule has 5 nitrogen and oxygen atoms in total. The Bertz CT molecular complexity index is 765. The molecule has 1 aromatic carbocycles. The van der Waals surface area contributed by atoms with Crippen LogP contribution in [-0.4, -0.2) is 20.1 Å². The summed E-state index contributed by atoms with van der Waals surface area (Å²) in [4.78, 5) is 12.0. The molecule has 0 saturated carbocycles. The van der Waals surface area contributed by atoms with Crippen molar-refractivity contribution in [3.05, 3.63) is 52.9 Å². The van der Waals surface area contributed by atoms with E-state index in [1.165, 1.54) is 24.3 Å². The van der Waals surface area contributed by atoms with Crippen LogP contribution >= 0.6 is 11.6 Å². The lowest BCUT2D eigenvalue weighted by Gasteiger charge is -2.11. The number of hydrogen-bond donors (Lipinski definition) is 1. The molecule has 0 aliphatic rings. The third-order valence-corrected chi connectivity index (χ3v) is 4.94. The van der Waals surface area contributed by atoms with E-state index in [1.807, 2.05) is 0 Å². The lowest BCUT2D eigenvalue weighted by Crippen LogP contribution is -2.32. The lowest BCUT2D eigenvalue weighted by atomic mass is 10.2. The molecule has 7 heteroatoms. The van der Waals surface area contributed by atoms with Gasteiger partial charge in [-0.1, -0.05) is 11.6 Å². The van der Waals surface area contributed by atoms with Gasteiger partial charge < -0.3 is 9.73 Å². The van der Waals surface area contributed by atoms with Gasteiger partial charge in [0.15, 0.2) is 9.84 Å². The highest BCUT2D eigenvalue weighted by atomic mass is 35.5. The normalized spacial score (nSPS) is 12.9. The van der Waals surface area contributed by atoms with Gasteiger partial charge in [-0.25, -0.2) is 8.42 Å². The third-order valence-electron chi connectivity index (χ3n) is 3.06. The van der Waals surface area contributed by atoms with Crippen molar-refractivity contribution in [3.8, 4) is 0 Å². The van der Waals surface area contributed by atoms with Crippen LogP contribution in [0.25, 0.3) is 0 Å². The first kappa shape index (κ1) is 16.6. The Kier molecular flexibility index (Phi) is 4.93. The van der Waals surface area contributed by atoms with Gasteiger partial charge in [-0.3, -0.25) is 4.79 Å². The maximum Gasteiger partial charge on any atom is 0.236 e. The number of sulfone groups is 1. The highest BCUT2D eigenvalue weighted by Crippen LogP contribution is 2.17. The second-order valence-electron chi connectivity index (χ2n) is 4.95. The van der Waals surface area contributed by atoms with Crippen molar-refractivity contribution >= 4 is 27.3 Å². The molecule has 0 saturated heterocycles. The largest absolute Gasteiger partial charge is 0.464 e. The summed E-state index contributed by atoms with van der Waals surface area (Å²) in [5, 5.41) is 3.04. The van der Waals surface area contributed by atoms with Crippen LogP contribution in [0.1, 0.15) is 24.5 Å². The molecule has 0 radical (unpaired) electrons. The van der Waals surface area contributed by atoms with Gasteiger partial charge in [-0.15, -0.1) is 0 Å². The van der Waals surface area contributed by atoms with E-state index >= 15 is 0 Å². The summed E-state index contributed by atoms with van der Waals surface area (Å²) in [6.45, 7) is 3.52. The Morgan fingerprint density at radius 3 is 2.41 bits per heavy atom. The first-order valence-corrected chi connectivity index (χ1v) is 8.65. The van der Waals surface area contributed by atoms with Crippen LogP contribution in [0.2, 0.25) is 5.02 Å². The molecule has 0 fully saturated rings. The van der Waals surface area contributed by atoms with Gasteiger partial charge in [-0.2, -0.15) is 0 Å². The van der Waals surface area contributed by atoms with Gasteiger partial charge in [-0.05, 0) is 50.2 Å².